The lowest BCUT2D eigenvalue weighted by Gasteiger charge is -2.44. The van der Waals surface area contributed by atoms with Crippen molar-refractivity contribution >= 4 is 23.4 Å². The quantitative estimate of drug-likeness (QED) is 0.401. The summed E-state index contributed by atoms with van der Waals surface area (Å²) < 4.78 is 0. The van der Waals surface area contributed by atoms with Gasteiger partial charge in [0, 0.05) is 49.9 Å². The van der Waals surface area contributed by atoms with Gasteiger partial charge in [0.2, 0.25) is 5.91 Å². The van der Waals surface area contributed by atoms with Crippen LogP contribution in [0.1, 0.15) is 58.8 Å². The van der Waals surface area contributed by atoms with E-state index >= 15 is 0 Å². The number of carbonyl (C=O) groups excluding carboxylic acids is 2. The third kappa shape index (κ3) is 5.43. The van der Waals surface area contributed by atoms with Crippen LogP contribution in [-0.4, -0.2) is 59.2 Å². The molecule has 0 spiro atoms. The summed E-state index contributed by atoms with van der Waals surface area (Å²) in [6.07, 6.45) is 1.85. The summed E-state index contributed by atoms with van der Waals surface area (Å²) in [5.41, 5.74) is 3.65. The maximum Gasteiger partial charge on any atom is 0.254 e. The maximum atomic E-state index is 14.3. The lowest BCUT2D eigenvalue weighted by Crippen LogP contribution is -2.53. The highest BCUT2D eigenvalue weighted by atomic mass is 35.5. The van der Waals surface area contributed by atoms with Crippen molar-refractivity contribution in [3.63, 3.8) is 0 Å². The summed E-state index contributed by atoms with van der Waals surface area (Å²) in [6, 6.07) is 25.4. The molecule has 0 bridgehead atoms. The normalized spacial score (nSPS) is 20.1. The number of hydrogen-bond acceptors (Lipinski definition) is 3. The minimum Gasteiger partial charge on any atom is -0.340 e. The van der Waals surface area contributed by atoms with Gasteiger partial charge in [0.1, 0.15) is 0 Å². The number of rotatable bonds is 7. The van der Waals surface area contributed by atoms with Crippen LogP contribution >= 0.6 is 11.6 Å². The second-order valence-electron chi connectivity index (χ2n) is 10.0. The molecule has 5 rings (SSSR count). The summed E-state index contributed by atoms with van der Waals surface area (Å²) in [7, 11) is 0. The van der Waals surface area contributed by atoms with E-state index in [2.05, 4.69) is 36.1 Å². The van der Waals surface area contributed by atoms with Crippen molar-refractivity contribution in [1.29, 1.82) is 0 Å². The fourth-order valence-electron chi connectivity index (χ4n) is 5.66. The summed E-state index contributed by atoms with van der Waals surface area (Å²) in [5.74, 6) is -0.388. The molecule has 0 unspecified atom stereocenters. The molecule has 3 aromatic carbocycles. The number of piperazine rings is 1. The Hall–Kier alpha value is -3.15. The summed E-state index contributed by atoms with van der Waals surface area (Å²) in [5, 5.41) is 0.611. The fraction of sp³-hybridized carbons (Fsp3) is 0.355. The zero-order valence-electron chi connectivity index (χ0n) is 21.4. The molecule has 1 fully saturated rings. The number of fused-ring (bicyclic) bond motifs is 1. The van der Waals surface area contributed by atoms with Crippen molar-refractivity contribution in [3.8, 4) is 0 Å². The van der Waals surface area contributed by atoms with Crippen LogP contribution in [0.3, 0.4) is 0 Å². The van der Waals surface area contributed by atoms with Gasteiger partial charge < -0.3 is 9.80 Å². The van der Waals surface area contributed by atoms with E-state index in [1.54, 1.807) is 0 Å². The molecule has 0 N–H and O–H groups in total. The average Bonchev–Trinajstić information content (AvgIpc) is 2.93. The Kier molecular flexibility index (Phi) is 7.92. The van der Waals surface area contributed by atoms with Gasteiger partial charge >= 0.3 is 0 Å². The molecule has 2 amide bonds. The van der Waals surface area contributed by atoms with Crippen LogP contribution in [0.25, 0.3) is 0 Å². The van der Waals surface area contributed by atoms with E-state index in [1.165, 1.54) is 5.56 Å². The van der Waals surface area contributed by atoms with Crippen LogP contribution in [0.5, 0.6) is 0 Å². The Balaban J connectivity index is 1.45. The Morgan fingerprint density at radius 1 is 0.919 bits per heavy atom. The molecule has 0 saturated carbocycles. The van der Waals surface area contributed by atoms with E-state index in [0.29, 0.717) is 30.2 Å². The number of halogens is 1. The molecule has 0 radical (unpaired) electrons. The molecular formula is C31H34ClN3O2. The Labute approximate surface area is 224 Å². The molecule has 192 valence electrons. The first-order valence-electron chi connectivity index (χ1n) is 13.3. The lowest BCUT2D eigenvalue weighted by atomic mass is 9.78. The summed E-state index contributed by atoms with van der Waals surface area (Å²) in [4.78, 5) is 34.3. The molecule has 2 heterocycles. The molecule has 5 nitrogen and oxygen atoms in total. The van der Waals surface area contributed by atoms with Crippen molar-refractivity contribution in [2.24, 2.45) is 0 Å². The van der Waals surface area contributed by atoms with Gasteiger partial charge in [0.25, 0.3) is 5.91 Å². The topological polar surface area (TPSA) is 43.9 Å². The van der Waals surface area contributed by atoms with Gasteiger partial charge in [-0.1, -0.05) is 85.6 Å². The Bertz CT molecular complexity index is 1240. The van der Waals surface area contributed by atoms with Crippen LogP contribution in [0, 0.1) is 0 Å². The molecule has 0 aromatic heterocycles. The molecule has 1 saturated heterocycles. The molecule has 2 aliphatic rings. The van der Waals surface area contributed by atoms with Crippen LogP contribution in [0.4, 0.5) is 0 Å². The Morgan fingerprint density at radius 3 is 2.38 bits per heavy atom. The summed E-state index contributed by atoms with van der Waals surface area (Å²) in [6.45, 7) is 6.62. The highest BCUT2D eigenvalue weighted by Crippen LogP contribution is 2.44. The number of nitrogens with zero attached hydrogens (tertiary/aromatic N) is 3. The molecule has 0 aliphatic carbocycles. The van der Waals surface area contributed by atoms with Crippen molar-refractivity contribution < 1.29 is 9.59 Å². The third-order valence-corrected chi connectivity index (χ3v) is 7.82. The van der Waals surface area contributed by atoms with Crippen molar-refractivity contribution in [2.45, 2.75) is 38.3 Å². The first kappa shape index (κ1) is 25.5. The second kappa shape index (κ2) is 11.5. The van der Waals surface area contributed by atoms with E-state index in [-0.39, 0.29) is 17.9 Å². The first-order chi connectivity index (χ1) is 18.1. The number of hydrogen-bond donors (Lipinski definition) is 0. The van der Waals surface area contributed by atoms with Crippen molar-refractivity contribution in [2.75, 3.05) is 32.7 Å². The van der Waals surface area contributed by atoms with Gasteiger partial charge in [-0.25, -0.2) is 0 Å². The van der Waals surface area contributed by atoms with Crippen LogP contribution in [0.15, 0.2) is 78.9 Å². The average molecular weight is 516 g/mol. The Morgan fingerprint density at radius 2 is 1.65 bits per heavy atom. The maximum absolute atomic E-state index is 14.3. The fourth-order valence-corrected chi connectivity index (χ4v) is 5.86. The van der Waals surface area contributed by atoms with Gasteiger partial charge in [-0.2, -0.15) is 0 Å². The smallest absolute Gasteiger partial charge is 0.254 e. The minimum atomic E-state index is -0.468. The second-order valence-corrected chi connectivity index (χ2v) is 10.4. The number of amides is 2. The molecule has 3 aromatic rings. The van der Waals surface area contributed by atoms with Crippen LogP contribution in [0.2, 0.25) is 5.02 Å². The van der Waals surface area contributed by atoms with Crippen molar-refractivity contribution in [1.82, 2.24) is 14.7 Å². The van der Waals surface area contributed by atoms with E-state index in [1.807, 2.05) is 64.4 Å². The molecular weight excluding hydrogens is 482 g/mol. The molecule has 2 atom stereocenters. The molecule has 6 heteroatoms. The SMILES string of the molecule is CCCCN1C(=O)c2ccccc2[C@@H](C(=O)N2CCN(Cc3ccccc3)CC2)[C@H]1c1cccc(Cl)c1. The highest BCUT2D eigenvalue weighted by Gasteiger charge is 2.45. The number of unbranched alkanes of at least 4 members (excludes halogenated alkanes) is 1. The van der Waals surface area contributed by atoms with E-state index < -0.39 is 5.92 Å². The van der Waals surface area contributed by atoms with E-state index in [0.717, 1.165) is 43.6 Å². The first-order valence-corrected chi connectivity index (χ1v) is 13.6. The predicted octanol–water partition coefficient (Wildman–Crippen LogP) is 5.77. The molecule has 37 heavy (non-hydrogen) atoms. The standard InChI is InChI=1S/C31H34ClN3O2/c1-2-3-16-35-29(24-12-9-13-25(32)21-24)28(26-14-7-8-15-27(26)30(35)36)31(37)34-19-17-33(18-20-34)22-23-10-5-4-6-11-23/h4-15,21,28-29H,2-3,16-20,22H2,1H3/t28-,29-/m1/s1. The highest BCUT2D eigenvalue weighted by molar-refractivity contribution is 6.30. The number of carbonyl (C=O) groups is 2. The van der Waals surface area contributed by atoms with Gasteiger partial charge in [-0.3, -0.25) is 14.5 Å². The summed E-state index contributed by atoms with van der Waals surface area (Å²) >= 11 is 6.41. The number of benzene rings is 3. The minimum absolute atomic E-state index is 0.00856. The van der Waals surface area contributed by atoms with Gasteiger partial charge in [0.05, 0.1) is 12.0 Å². The third-order valence-electron chi connectivity index (χ3n) is 7.58. The van der Waals surface area contributed by atoms with E-state index in [9.17, 15) is 9.59 Å². The predicted molar refractivity (Wildman–Crippen MR) is 148 cm³/mol. The van der Waals surface area contributed by atoms with E-state index in [4.69, 9.17) is 11.6 Å². The van der Waals surface area contributed by atoms with Gasteiger partial charge in [-0.05, 0) is 41.3 Å². The zero-order valence-corrected chi connectivity index (χ0v) is 22.1. The zero-order chi connectivity index (χ0) is 25.8. The van der Waals surface area contributed by atoms with Crippen LogP contribution in [-0.2, 0) is 11.3 Å². The van der Waals surface area contributed by atoms with Crippen LogP contribution < -0.4 is 0 Å². The lowest BCUT2D eigenvalue weighted by molar-refractivity contribution is -0.136. The van der Waals surface area contributed by atoms with Gasteiger partial charge in [-0.15, -0.1) is 0 Å². The molecule has 2 aliphatic heterocycles. The monoisotopic (exact) mass is 515 g/mol. The van der Waals surface area contributed by atoms with Gasteiger partial charge in [0.15, 0.2) is 0 Å². The van der Waals surface area contributed by atoms with Crippen molar-refractivity contribution in [3.05, 3.63) is 106 Å². The largest absolute Gasteiger partial charge is 0.340 e.